The fourth-order valence-corrected chi connectivity index (χ4v) is 3.08. The normalized spacial score (nSPS) is 10.5. The Bertz CT molecular complexity index is 1210. The number of aromatic nitrogens is 2. The molecule has 0 aliphatic rings. The molecule has 0 amide bonds. The van der Waals surface area contributed by atoms with E-state index in [2.05, 4.69) is 34.2 Å². The number of para-hydroxylation sites is 1. The van der Waals surface area contributed by atoms with Gasteiger partial charge >= 0.3 is 0 Å². The quantitative estimate of drug-likeness (QED) is 0.566. The van der Waals surface area contributed by atoms with E-state index in [-0.39, 0.29) is 17.3 Å². The first-order valence-corrected chi connectivity index (χ1v) is 8.68. The number of nitrogens with two attached hydrogens (primary N) is 2. The lowest BCUT2D eigenvalue weighted by atomic mass is 10.1. The van der Waals surface area contributed by atoms with Crippen molar-refractivity contribution in [3.05, 3.63) is 77.9 Å². The van der Waals surface area contributed by atoms with Gasteiger partial charge in [0.2, 0.25) is 5.95 Å². The molecule has 0 bridgehead atoms. The first kappa shape index (κ1) is 17.3. The van der Waals surface area contributed by atoms with Crippen LogP contribution in [0.15, 0.2) is 66.7 Å². The van der Waals surface area contributed by atoms with Crippen LogP contribution < -0.4 is 16.2 Å². The standard InChI is InChI=1S/C22H17N5O/c23-12-18-20(26-22(25)27-21(18)24)17-7-3-4-8-19(17)28-13-14-9-10-15-5-1-2-6-16(15)11-14/h1-11H,13H2,(H4,24,25,26,27). The number of nitriles is 1. The minimum Gasteiger partial charge on any atom is -0.488 e. The molecule has 0 aliphatic heterocycles. The zero-order chi connectivity index (χ0) is 19.5. The zero-order valence-electron chi connectivity index (χ0n) is 15.0. The Hall–Kier alpha value is -4.11. The fourth-order valence-electron chi connectivity index (χ4n) is 3.08. The molecule has 4 aromatic rings. The van der Waals surface area contributed by atoms with Gasteiger partial charge in [-0.15, -0.1) is 0 Å². The van der Waals surface area contributed by atoms with Gasteiger partial charge in [-0.3, -0.25) is 0 Å². The number of benzene rings is 3. The topological polar surface area (TPSA) is 111 Å². The van der Waals surface area contributed by atoms with Gasteiger partial charge in [-0.2, -0.15) is 10.2 Å². The Kier molecular flexibility index (Phi) is 4.48. The summed E-state index contributed by atoms with van der Waals surface area (Å²) in [4.78, 5) is 8.08. The smallest absolute Gasteiger partial charge is 0.222 e. The second kappa shape index (κ2) is 7.25. The Balaban J connectivity index is 1.68. The average Bonchev–Trinajstić information content (AvgIpc) is 2.72. The first-order chi connectivity index (χ1) is 13.7. The van der Waals surface area contributed by atoms with Gasteiger partial charge in [0.25, 0.3) is 0 Å². The molecule has 0 radical (unpaired) electrons. The molecule has 1 heterocycles. The van der Waals surface area contributed by atoms with Crippen molar-refractivity contribution in [1.82, 2.24) is 9.97 Å². The van der Waals surface area contributed by atoms with Crippen LogP contribution in [0.2, 0.25) is 0 Å². The number of hydrogen-bond acceptors (Lipinski definition) is 6. The molecule has 0 atom stereocenters. The molecule has 3 aromatic carbocycles. The summed E-state index contributed by atoms with van der Waals surface area (Å²) in [6, 6.07) is 23.8. The molecule has 0 fully saturated rings. The first-order valence-electron chi connectivity index (χ1n) is 8.68. The molecular formula is C22H17N5O. The number of ether oxygens (including phenoxy) is 1. The van der Waals surface area contributed by atoms with E-state index in [9.17, 15) is 5.26 Å². The molecule has 0 aliphatic carbocycles. The summed E-state index contributed by atoms with van der Waals surface area (Å²) >= 11 is 0. The number of hydrogen-bond donors (Lipinski definition) is 2. The van der Waals surface area contributed by atoms with Gasteiger partial charge in [-0.1, -0.05) is 48.5 Å². The van der Waals surface area contributed by atoms with Crippen LogP contribution in [-0.4, -0.2) is 9.97 Å². The SMILES string of the molecule is N#Cc1c(N)nc(N)nc1-c1ccccc1OCc1ccc2ccccc2c1. The van der Waals surface area contributed by atoms with Crippen LogP contribution in [0.1, 0.15) is 11.1 Å². The van der Waals surface area contributed by atoms with Gasteiger partial charge in [0.15, 0.2) is 0 Å². The summed E-state index contributed by atoms with van der Waals surface area (Å²) < 4.78 is 6.05. The van der Waals surface area contributed by atoms with Crippen LogP contribution >= 0.6 is 0 Å². The molecule has 4 N–H and O–H groups in total. The van der Waals surface area contributed by atoms with Crippen molar-refractivity contribution in [3.63, 3.8) is 0 Å². The highest BCUT2D eigenvalue weighted by Gasteiger charge is 2.16. The van der Waals surface area contributed by atoms with Crippen LogP contribution in [0.25, 0.3) is 22.0 Å². The van der Waals surface area contributed by atoms with Crippen molar-refractivity contribution in [2.75, 3.05) is 11.5 Å². The molecule has 28 heavy (non-hydrogen) atoms. The van der Waals surface area contributed by atoms with E-state index in [1.165, 1.54) is 5.39 Å². The minimum atomic E-state index is 0.0100. The van der Waals surface area contributed by atoms with Gasteiger partial charge in [0.1, 0.15) is 29.8 Å². The van der Waals surface area contributed by atoms with Crippen molar-refractivity contribution in [1.29, 1.82) is 5.26 Å². The Morgan fingerprint density at radius 2 is 1.64 bits per heavy atom. The second-order valence-electron chi connectivity index (χ2n) is 6.27. The number of anilines is 2. The lowest BCUT2D eigenvalue weighted by Gasteiger charge is -2.13. The highest BCUT2D eigenvalue weighted by atomic mass is 16.5. The molecule has 136 valence electrons. The van der Waals surface area contributed by atoms with Crippen LogP contribution in [-0.2, 0) is 6.61 Å². The van der Waals surface area contributed by atoms with E-state index < -0.39 is 0 Å². The van der Waals surface area contributed by atoms with Crippen LogP contribution in [0.5, 0.6) is 5.75 Å². The van der Waals surface area contributed by atoms with Crippen molar-refractivity contribution in [2.24, 2.45) is 0 Å². The highest BCUT2D eigenvalue weighted by Crippen LogP contribution is 2.33. The largest absolute Gasteiger partial charge is 0.488 e. The average molecular weight is 367 g/mol. The third-order valence-electron chi connectivity index (χ3n) is 4.42. The van der Waals surface area contributed by atoms with Crippen molar-refractivity contribution < 1.29 is 4.74 Å². The minimum absolute atomic E-state index is 0.0100. The van der Waals surface area contributed by atoms with Crippen molar-refractivity contribution in [2.45, 2.75) is 6.61 Å². The molecule has 0 saturated heterocycles. The lowest BCUT2D eigenvalue weighted by Crippen LogP contribution is -2.06. The van der Waals surface area contributed by atoms with E-state index in [1.807, 2.05) is 48.5 Å². The fraction of sp³-hybridized carbons (Fsp3) is 0.0455. The predicted octanol–water partition coefficient (Wildman–Crippen LogP) is 3.91. The molecule has 4 rings (SSSR count). The molecular weight excluding hydrogens is 350 g/mol. The van der Waals surface area contributed by atoms with Gasteiger partial charge in [-0.05, 0) is 34.5 Å². The molecule has 0 spiro atoms. The maximum absolute atomic E-state index is 9.46. The summed E-state index contributed by atoms with van der Waals surface area (Å²) in [5.41, 5.74) is 13.8. The zero-order valence-corrected chi connectivity index (χ0v) is 15.0. The molecule has 0 unspecified atom stereocenters. The van der Waals surface area contributed by atoms with E-state index >= 15 is 0 Å². The summed E-state index contributed by atoms with van der Waals surface area (Å²) in [6.07, 6.45) is 0. The number of fused-ring (bicyclic) bond motifs is 1. The van der Waals surface area contributed by atoms with Crippen LogP contribution in [0.4, 0.5) is 11.8 Å². The number of nitrogen functional groups attached to an aromatic ring is 2. The van der Waals surface area contributed by atoms with Crippen LogP contribution in [0, 0.1) is 11.3 Å². The number of rotatable bonds is 4. The van der Waals surface area contributed by atoms with E-state index in [4.69, 9.17) is 16.2 Å². The summed E-state index contributed by atoms with van der Waals surface area (Å²) in [6.45, 7) is 0.375. The summed E-state index contributed by atoms with van der Waals surface area (Å²) in [7, 11) is 0. The lowest BCUT2D eigenvalue weighted by molar-refractivity contribution is 0.307. The highest BCUT2D eigenvalue weighted by molar-refractivity contribution is 5.83. The van der Waals surface area contributed by atoms with Gasteiger partial charge < -0.3 is 16.2 Å². The van der Waals surface area contributed by atoms with Crippen molar-refractivity contribution in [3.8, 4) is 23.1 Å². The predicted molar refractivity (Wildman–Crippen MR) is 109 cm³/mol. The number of nitrogens with zero attached hydrogens (tertiary/aromatic N) is 3. The maximum atomic E-state index is 9.46. The van der Waals surface area contributed by atoms with Crippen LogP contribution in [0.3, 0.4) is 0 Å². The van der Waals surface area contributed by atoms with E-state index in [0.29, 0.717) is 23.6 Å². The van der Waals surface area contributed by atoms with Gasteiger partial charge in [0, 0.05) is 5.56 Å². The van der Waals surface area contributed by atoms with Crippen molar-refractivity contribution >= 4 is 22.5 Å². The molecule has 6 heteroatoms. The Morgan fingerprint density at radius 1 is 0.893 bits per heavy atom. The molecule has 6 nitrogen and oxygen atoms in total. The second-order valence-corrected chi connectivity index (χ2v) is 6.27. The molecule has 0 saturated carbocycles. The Morgan fingerprint density at radius 3 is 2.46 bits per heavy atom. The van der Waals surface area contributed by atoms with E-state index in [0.717, 1.165) is 10.9 Å². The van der Waals surface area contributed by atoms with E-state index in [1.54, 1.807) is 0 Å². The third kappa shape index (κ3) is 3.29. The monoisotopic (exact) mass is 367 g/mol. The molecule has 1 aromatic heterocycles. The maximum Gasteiger partial charge on any atom is 0.222 e. The summed E-state index contributed by atoms with van der Waals surface area (Å²) in [5.74, 6) is 0.648. The summed E-state index contributed by atoms with van der Waals surface area (Å²) in [5, 5.41) is 11.8. The third-order valence-corrected chi connectivity index (χ3v) is 4.42. The Labute approximate surface area is 162 Å². The van der Waals surface area contributed by atoms with Gasteiger partial charge in [0.05, 0.1) is 5.69 Å². The van der Waals surface area contributed by atoms with Gasteiger partial charge in [-0.25, -0.2) is 4.98 Å².